The number of nitrogens with zero attached hydrogens (tertiary/aromatic N) is 2. The highest BCUT2D eigenvalue weighted by molar-refractivity contribution is 7.98. The molecule has 0 spiro atoms. The normalized spacial score (nSPS) is 15.4. The van der Waals surface area contributed by atoms with Gasteiger partial charge in [0.05, 0.1) is 5.69 Å². The number of aryl methyl sites for hydroxylation is 2. The van der Waals surface area contributed by atoms with Crippen molar-refractivity contribution in [2.24, 2.45) is 5.92 Å². The van der Waals surface area contributed by atoms with Gasteiger partial charge in [0.1, 0.15) is 5.69 Å². The Morgan fingerprint density at radius 1 is 1.12 bits per heavy atom. The molecule has 3 rings (SSSR count). The molecule has 4 heteroatoms. The van der Waals surface area contributed by atoms with E-state index in [-0.39, 0.29) is 5.91 Å². The lowest BCUT2D eigenvalue weighted by Gasteiger charge is -2.30. The second kappa shape index (κ2) is 8.05. The van der Waals surface area contributed by atoms with Crippen LogP contribution in [0.4, 0.5) is 0 Å². The lowest BCUT2D eigenvalue weighted by atomic mass is 9.99. The highest BCUT2D eigenvalue weighted by Crippen LogP contribution is 2.28. The molecule has 2 aromatic rings. The summed E-state index contributed by atoms with van der Waals surface area (Å²) >= 11 is 1.80. The zero-order valence-electron chi connectivity index (χ0n) is 15.3. The Morgan fingerprint density at radius 3 is 2.44 bits per heavy atom. The molecule has 3 nitrogen and oxygen atoms in total. The third kappa shape index (κ3) is 4.43. The maximum absolute atomic E-state index is 12.7. The molecule has 0 bridgehead atoms. The minimum Gasteiger partial charge on any atom is -0.337 e. The molecule has 1 saturated heterocycles. The van der Waals surface area contributed by atoms with Crippen LogP contribution in [0.3, 0.4) is 0 Å². The second-order valence-corrected chi connectivity index (χ2v) is 7.98. The number of thioether (sulfide) groups is 1. The molecule has 0 saturated carbocycles. The van der Waals surface area contributed by atoms with E-state index in [9.17, 15) is 4.79 Å². The van der Waals surface area contributed by atoms with Gasteiger partial charge < -0.3 is 4.90 Å². The molecule has 0 radical (unpaired) electrons. The monoisotopic (exact) mass is 354 g/mol. The molecule has 1 fully saturated rings. The van der Waals surface area contributed by atoms with Crippen LogP contribution in [0.5, 0.6) is 0 Å². The highest BCUT2D eigenvalue weighted by Gasteiger charge is 2.22. The van der Waals surface area contributed by atoms with E-state index in [4.69, 9.17) is 0 Å². The van der Waals surface area contributed by atoms with Crippen molar-refractivity contribution in [3.8, 4) is 0 Å². The van der Waals surface area contributed by atoms with Gasteiger partial charge in [0, 0.05) is 23.7 Å². The topological polar surface area (TPSA) is 33.2 Å². The summed E-state index contributed by atoms with van der Waals surface area (Å²) in [6, 6.07) is 12.2. The van der Waals surface area contributed by atoms with Crippen LogP contribution in [0.2, 0.25) is 0 Å². The summed E-state index contributed by atoms with van der Waals surface area (Å²) in [5.74, 6) is 1.58. The summed E-state index contributed by atoms with van der Waals surface area (Å²) in [4.78, 5) is 20.6. The fourth-order valence-corrected chi connectivity index (χ4v) is 4.27. The number of aromatic nitrogens is 1. The summed E-state index contributed by atoms with van der Waals surface area (Å²) in [6.45, 7) is 8.23. The molecule has 0 N–H and O–H groups in total. The van der Waals surface area contributed by atoms with Crippen molar-refractivity contribution >= 4 is 17.7 Å². The van der Waals surface area contributed by atoms with Gasteiger partial charge in [-0.05, 0) is 55.9 Å². The number of pyridine rings is 1. The average Bonchev–Trinajstić information content (AvgIpc) is 2.62. The Balaban J connectivity index is 1.68. The fourth-order valence-electron chi connectivity index (χ4n) is 3.23. The van der Waals surface area contributed by atoms with Crippen molar-refractivity contribution in [3.63, 3.8) is 0 Å². The Labute approximate surface area is 154 Å². The van der Waals surface area contributed by atoms with E-state index in [1.165, 1.54) is 16.0 Å². The van der Waals surface area contributed by atoms with E-state index in [0.29, 0.717) is 5.69 Å². The number of likely N-dealkylation sites (tertiary alicyclic amines) is 1. The quantitative estimate of drug-likeness (QED) is 0.735. The van der Waals surface area contributed by atoms with Crippen molar-refractivity contribution in [1.29, 1.82) is 0 Å². The SMILES string of the molecule is Cc1cccc(C)c1SCc1cccc(C(=O)N2CCC(C)CC2)n1. The van der Waals surface area contributed by atoms with Gasteiger partial charge in [-0.25, -0.2) is 4.98 Å². The zero-order valence-corrected chi connectivity index (χ0v) is 16.1. The Hall–Kier alpha value is -1.81. The van der Waals surface area contributed by atoms with E-state index in [2.05, 4.69) is 44.0 Å². The Morgan fingerprint density at radius 2 is 1.76 bits per heavy atom. The molecular formula is C21H26N2OS. The third-order valence-corrected chi connectivity index (χ3v) is 6.24. The highest BCUT2D eigenvalue weighted by atomic mass is 32.2. The first-order chi connectivity index (χ1) is 12.0. The first-order valence-corrected chi connectivity index (χ1v) is 9.97. The number of rotatable bonds is 4. The minimum atomic E-state index is 0.0748. The van der Waals surface area contributed by atoms with Gasteiger partial charge in [0.2, 0.25) is 0 Å². The molecule has 1 aliphatic heterocycles. The van der Waals surface area contributed by atoms with E-state index in [0.717, 1.165) is 43.3 Å². The van der Waals surface area contributed by atoms with Crippen LogP contribution in [0, 0.1) is 19.8 Å². The molecule has 0 atom stereocenters. The van der Waals surface area contributed by atoms with Crippen LogP contribution in [0.1, 0.15) is 47.1 Å². The maximum atomic E-state index is 12.7. The van der Waals surface area contributed by atoms with Crippen LogP contribution in [0.15, 0.2) is 41.3 Å². The molecule has 0 unspecified atom stereocenters. The van der Waals surface area contributed by atoms with E-state index >= 15 is 0 Å². The van der Waals surface area contributed by atoms with Crippen molar-refractivity contribution in [3.05, 3.63) is 58.9 Å². The molecule has 1 aromatic heterocycles. The van der Waals surface area contributed by atoms with Crippen LogP contribution in [-0.4, -0.2) is 28.9 Å². The van der Waals surface area contributed by atoms with E-state index in [1.807, 2.05) is 23.1 Å². The second-order valence-electron chi connectivity index (χ2n) is 7.00. The molecule has 2 heterocycles. The van der Waals surface area contributed by atoms with Gasteiger partial charge in [-0.1, -0.05) is 31.2 Å². The van der Waals surface area contributed by atoms with Gasteiger partial charge in [-0.3, -0.25) is 4.79 Å². The largest absolute Gasteiger partial charge is 0.337 e. The van der Waals surface area contributed by atoms with Gasteiger partial charge in [0.25, 0.3) is 5.91 Å². The molecule has 1 amide bonds. The number of carbonyl (C=O) groups is 1. The van der Waals surface area contributed by atoms with Crippen molar-refractivity contribution < 1.29 is 4.79 Å². The summed E-state index contributed by atoms with van der Waals surface area (Å²) in [7, 11) is 0. The number of hydrogen-bond acceptors (Lipinski definition) is 3. The van der Waals surface area contributed by atoms with Crippen LogP contribution < -0.4 is 0 Å². The number of benzene rings is 1. The van der Waals surface area contributed by atoms with Crippen LogP contribution in [-0.2, 0) is 5.75 Å². The predicted octanol–water partition coefficient (Wildman–Crippen LogP) is 4.86. The number of carbonyl (C=O) groups excluding carboxylic acids is 1. The van der Waals surface area contributed by atoms with Crippen LogP contribution >= 0.6 is 11.8 Å². The van der Waals surface area contributed by atoms with Crippen molar-refractivity contribution in [1.82, 2.24) is 9.88 Å². The molecule has 1 aliphatic rings. The molecule has 0 aliphatic carbocycles. The fraction of sp³-hybridized carbons (Fsp3) is 0.429. The van der Waals surface area contributed by atoms with E-state index in [1.54, 1.807) is 11.8 Å². The van der Waals surface area contributed by atoms with Crippen molar-refractivity contribution in [2.75, 3.05) is 13.1 Å². The van der Waals surface area contributed by atoms with Gasteiger partial charge >= 0.3 is 0 Å². The Bertz CT molecular complexity index is 731. The van der Waals surface area contributed by atoms with Gasteiger partial charge in [-0.15, -0.1) is 11.8 Å². The van der Waals surface area contributed by atoms with E-state index < -0.39 is 0 Å². The lowest BCUT2D eigenvalue weighted by molar-refractivity contribution is 0.0691. The summed E-state index contributed by atoms with van der Waals surface area (Å²) in [5.41, 5.74) is 4.12. The van der Waals surface area contributed by atoms with Crippen LogP contribution in [0.25, 0.3) is 0 Å². The number of hydrogen-bond donors (Lipinski definition) is 0. The summed E-state index contributed by atoms with van der Waals surface area (Å²) < 4.78 is 0. The predicted molar refractivity (Wildman–Crippen MR) is 104 cm³/mol. The summed E-state index contributed by atoms with van der Waals surface area (Å²) in [6.07, 6.45) is 2.18. The van der Waals surface area contributed by atoms with Gasteiger partial charge in [0.15, 0.2) is 0 Å². The number of piperidine rings is 1. The number of amides is 1. The molecule has 132 valence electrons. The minimum absolute atomic E-state index is 0.0748. The average molecular weight is 355 g/mol. The molecular weight excluding hydrogens is 328 g/mol. The smallest absolute Gasteiger partial charge is 0.272 e. The first-order valence-electron chi connectivity index (χ1n) is 8.99. The summed E-state index contributed by atoms with van der Waals surface area (Å²) in [5, 5.41) is 0. The maximum Gasteiger partial charge on any atom is 0.272 e. The molecule has 25 heavy (non-hydrogen) atoms. The molecule has 1 aromatic carbocycles. The lowest BCUT2D eigenvalue weighted by Crippen LogP contribution is -2.38. The third-order valence-electron chi connectivity index (χ3n) is 4.87. The Kier molecular flexibility index (Phi) is 5.79. The zero-order chi connectivity index (χ0) is 17.8. The van der Waals surface area contributed by atoms with Gasteiger partial charge in [-0.2, -0.15) is 0 Å². The first kappa shape index (κ1) is 18.0. The standard InChI is InChI=1S/C21H26N2OS/c1-15-10-12-23(13-11-15)21(24)19-9-5-8-18(22-19)14-25-20-16(2)6-4-7-17(20)3/h4-9,15H,10-14H2,1-3H3. The van der Waals surface area contributed by atoms with Crippen molar-refractivity contribution in [2.45, 2.75) is 44.3 Å².